The largest absolute Gasteiger partial charge is 0.465 e. The van der Waals surface area contributed by atoms with Crippen LogP contribution in [-0.2, 0) is 14.3 Å². The van der Waals surface area contributed by atoms with E-state index in [2.05, 4.69) is 13.8 Å². The van der Waals surface area contributed by atoms with Gasteiger partial charge < -0.3 is 9.47 Å². The van der Waals surface area contributed by atoms with Crippen molar-refractivity contribution in [2.24, 2.45) is 5.92 Å². The summed E-state index contributed by atoms with van der Waals surface area (Å²) in [5.41, 5.74) is 0. The van der Waals surface area contributed by atoms with Crippen molar-refractivity contribution in [1.29, 1.82) is 0 Å². The molecule has 0 aliphatic heterocycles. The van der Waals surface area contributed by atoms with E-state index in [9.17, 15) is 4.79 Å². The van der Waals surface area contributed by atoms with Gasteiger partial charge in [0.05, 0.1) is 12.5 Å². The fourth-order valence-corrected chi connectivity index (χ4v) is 1.80. The second kappa shape index (κ2) is 11.9. The van der Waals surface area contributed by atoms with Crippen LogP contribution in [0.2, 0.25) is 0 Å². The first kappa shape index (κ1) is 16.4. The van der Waals surface area contributed by atoms with Gasteiger partial charge in [-0.1, -0.05) is 39.5 Å². The quantitative estimate of drug-likeness (QED) is 0.412. The molecule has 3 heteroatoms. The van der Waals surface area contributed by atoms with Crippen LogP contribution in [-0.4, -0.2) is 26.3 Å². The lowest BCUT2D eigenvalue weighted by atomic mass is 9.98. The van der Waals surface area contributed by atoms with Gasteiger partial charge in [0.25, 0.3) is 0 Å². The molecule has 0 amide bonds. The van der Waals surface area contributed by atoms with Crippen LogP contribution in [0.1, 0.15) is 58.8 Å². The maximum Gasteiger partial charge on any atom is 0.308 e. The molecule has 0 fully saturated rings. The van der Waals surface area contributed by atoms with Gasteiger partial charge in [-0.3, -0.25) is 4.79 Å². The van der Waals surface area contributed by atoms with Crippen LogP contribution in [0.5, 0.6) is 0 Å². The highest BCUT2D eigenvalue weighted by Gasteiger charge is 2.17. The van der Waals surface area contributed by atoms with Gasteiger partial charge in [-0.2, -0.15) is 0 Å². The Balaban J connectivity index is 3.64. The predicted octanol–water partition coefficient (Wildman–Crippen LogP) is 3.56. The van der Waals surface area contributed by atoms with Crippen molar-refractivity contribution in [1.82, 2.24) is 0 Å². The number of unbranched alkanes of at least 4 members (excludes halogenated alkanes) is 3. The van der Waals surface area contributed by atoms with E-state index in [4.69, 9.17) is 9.47 Å². The molecule has 0 saturated carbocycles. The molecule has 102 valence electrons. The van der Waals surface area contributed by atoms with Crippen molar-refractivity contribution in [3.05, 3.63) is 0 Å². The van der Waals surface area contributed by atoms with E-state index >= 15 is 0 Å². The van der Waals surface area contributed by atoms with E-state index in [0.29, 0.717) is 13.2 Å². The Labute approximate surface area is 106 Å². The Morgan fingerprint density at radius 2 is 1.82 bits per heavy atom. The summed E-state index contributed by atoms with van der Waals surface area (Å²) in [5, 5.41) is 0. The SMILES string of the molecule is CCCCCCC(CC)C(=O)OCCCOC. The molecule has 0 aromatic heterocycles. The van der Waals surface area contributed by atoms with Gasteiger partial charge in [-0.05, 0) is 12.8 Å². The van der Waals surface area contributed by atoms with Crippen LogP contribution >= 0.6 is 0 Å². The topological polar surface area (TPSA) is 35.5 Å². The predicted molar refractivity (Wildman–Crippen MR) is 70.0 cm³/mol. The Bertz CT molecular complexity index is 180. The first-order valence-corrected chi connectivity index (χ1v) is 6.91. The summed E-state index contributed by atoms with van der Waals surface area (Å²) >= 11 is 0. The fraction of sp³-hybridized carbons (Fsp3) is 0.929. The van der Waals surface area contributed by atoms with Crippen LogP contribution in [0.15, 0.2) is 0 Å². The summed E-state index contributed by atoms with van der Waals surface area (Å²) < 4.78 is 10.1. The Morgan fingerprint density at radius 1 is 1.06 bits per heavy atom. The smallest absolute Gasteiger partial charge is 0.308 e. The molecule has 3 nitrogen and oxygen atoms in total. The van der Waals surface area contributed by atoms with Gasteiger partial charge in [-0.15, -0.1) is 0 Å². The van der Waals surface area contributed by atoms with E-state index in [1.807, 2.05) is 0 Å². The highest BCUT2D eigenvalue weighted by Crippen LogP contribution is 2.16. The van der Waals surface area contributed by atoms with E-state index in [-0.39, 0.29) is 11.9 Å². The maximum atomic E-state index is 11.7. The maximum absolute atomic E-state index is 11.7. The summed E-state index contributed by atoms with van der Waals surface area (Å²) in [6.45, 7) is 5.39. The summed E-state index contributed by atoms with van der Waals surface area (Å²) in [5.74, 6) is 0.0644. The second-order valence-electron chi connectivity index (χ2n) is 4.47. The first-order valence-electron chi connectivity index (χ1n) is 6.91. The highest BCUT2D eigenvalue weighted by molar-refractivity contribution is 5.72. The molecule has 0 aliphatic rings. The normalized spacial score (nSPS) is 12.4. The van der Waals surface area contributed by atoms with Gasteiger partial charge in [0.2, 0.25) is 0 Å². The molecule has 0 saturated heterocycles. The van der Waals surface area contributed by atoms with E-state index in [1.165, 1.54) is 19.3 Å². The molecule has 0 bridgehead atoms. The van der Waals surface area contributed by atoms with E-state index in [0.717, 1.165) is 25.7 Å². The molecule has 0 N–H and O–H groups in total. The zero-order valence-electron chi connectivity index (χ0n) is 11.7. The molecular weight excluding hydrogens is 216 g/mol. The van der Waals surface area contributed by atoms with Crippen LogP contribution in [0.4, 0.5) is 0 Å². The van der Waals surface area contributed by atoms with Crippen molar-refractivity contribution < 1.29 is 14.3 Å². The minimum atomic E-state index is -0.0277. The summed E-state index contributed by atoms with van der Waals surface area (Å²) in [7, 11) is 1.66. The molecule has 17 heavy (non-hydrogen) atoms. The monoisotopic (exact) mass is 244 g/mol. The molecular formula is C14H28O3. The number of methoxy groups -OCH3 is 1. The molecule has 1 atom stereocenters. The molecule has 0 rings (SSSR count). The standard InChI is InChI=1S/C14H28O3/c1-4-6-7-8-10-13(5-2)14(15)17-12-9-11-16-3/h13H,4-12H2,1-3H3. The fourth-order valence-electron chi connectivity index (χ4n) is 1.80. The summed E-state index contributed by atoms with van der Waals surface area (Å²) in [6, 6.07) is 0. The lowest BCUT2D eigenvalue weighted by Crippen LogP contribution is -2.18. The number of hydrogen-bond acceptors (Lipinski definition) is 3. The lowest BCUT2D eigenvalue weighted by molar-refractivity contribution is -0.149. The third kappa shape index (κ3) is 9.16. The Kier molecular flexibility index (Phi) is 11.5. The van der Waals surface area contributed by atoms with Crippen LogP contribution in [0.3, 0.4) is 0 Å². The first-order chi connectivity index (χ1) is 8.26. The van der Waals surface area contributed by atoms with Crippen LogP contribution in [0, 0.1) is 5.92 Å². The van der Waals surface area contributed by atoms with Crippen molar-refractivity contribution in [2.45, 2.75) is 58.8 Å². The minimum Gasteiger partial charge on any atom is -0.465 e. The third-order valence-corrected chi connectivity index (χ3v) is 2.97. The lowest BCUT2D eigenvalue weighted by Gasteiger charge is -2.13. The average molecular weight is 244 g/mol. The molecule has 0 aromatic carbocycles. The van der Waals surface area contributed by atoms with Crippen LogP contribution in [0.25, 0.3) is 0 Å². The molecule has 0 aromatic rings. The average Bonchev–Trinajstić information content (AvgIpc) is 2.34. The molecule has 0 heterocycles. The summed E-state index contributed by atoms with van der Waals surface area (Å²) in [4.78, 5) is 11.7. The molecule has 1 unspecified atom stereocenters. The van der Waals surface area contributed by atoms with Crippen molar-refractivity contribution in [2.75, 3.05) is 20.3 Å². The van der Waals surface area contributed by atoms with Crippen molar-refractivity contribution in [3.63, 3.8) is 0 Å². The van der Waals surface area contributed by atoms with Crippen molar-refractivity contribution >= 4 is 5.97 Å². The second-order valence-corrected chi connectivity index (χ2v) is 4.47. The van der Waals surface area contributed by atoms with Crippen LogP contribution < -0.4 is 0 Å². The third-order valence-electron chi connectivity index (χ3n) is 2.97. The number of ether oxygens (including phenoxy) is 2. The van der Waals surface area contributed by atoms with E-state index < -0.39 is 0 Å². The number of esters is 1. The minimum absolute atomic E-state index is 0.0277. The molecule has 0 radical (unpaired) electrons. The zero-order valence-corrected chi connectivity index (χ0v) is 11.7. The number of carbonyl (C=O) groups is 1. The number of carbonyl (C=O) groups excluding carboxylic acids is 1. The van der Waals surface area contributed by atoms with Gasteiger partial charge in [0.1, 0.15) is 0 Å². The number of hydrogen-bond donors (Lipinski definition) is 0. The Hall–Kier alpha value is -0.570. The summed E-state index contributed by atoms with van der Waals surface area (Å²) in [6.07, 6.45) is 7.50. The van der Waals surface area contributed by atoms with E-state index in [1.54, 1.807) is 7.11 Å². The van der Waals surface area contributed by atoms with Gasteiger partial charge in [0.15, 0.2) is 0 Å². The zero-order chi connectivity index (χ0) is 12.9. The Morgan fingerprint density at radius 3 is 2.41 bits per heavy atom. The molecule has 0 spiro atoms. The van der Waals surface area contributed by atoms with Gasteiger partial charge in [0, 0.05) is 20.1 Å². The molecule has 0 aliphatic carbocycles. The van der Waals surface area contributed by atoms with Gasteiger partial charge >= 0.3 is 5.97 Å². The van der Waals surface area contributed by atoms with Gasteiger partial charge in [-0.25, -0.2) is 0 Å². The number of rotatable bonds is 11. The van der Waals surface area contributed by atoms with Crippen molar-refractivity contribution in [3.8, 4) is 0 Å². The highest BCUT2D eigenvalue weighted by atomic mass is 16.5.